The van der Waals surface area contributed by atoms with E-state index in [4.69, 9.17) is 5.11 Å². The highest BCUT2D eigenvalue weighted by Gasteiger charge is 2.16. The van der Waals surface area contributed by atoms with E-state index in [-0.39, 0.29) is 0 Å². The summed E-state index contributed by atoms with van der Waals surface area (Å²) in [5.41, 5.74) is 0. The van der Waals surface area contributed by atoms with Crippen LogP contribution >= 0.6 is 0 Å². The molecule has 6 nitrogen and oxygen atoms in total. The molecule has 0 heterocycles. The molecule has 0 spiro atoms. The van der Waals surface area contributed by atoms with Gasteiger partial charge in [0.05, 0.1) is 0 Å². The molecule has 0 aromatic heterocycles. The molecule has 1 atom stereocenters. The fraction of sp³-hybridized carbons (Fsp3) is 0.667. The molecule has 0 fully saturated rings. The van der Waals surface area contributed by atoms with Crippen LogP contribution in [0.25, 0.3) is 0 Å². The van der Waals surface area contributed by atoms with Crippen molar-refractivity contribution in [3.05, 3.63) is 0 Å². The molecule has 0 aliphatic rings. The summed E-state index contributed by atoms with van der Waals surface area (Å²) in [7, 11) is -3.79. The molecule has 1 unspecified atom stereocenters. The second kappa shape index (κ2) is 2.84. The van der Waals surface area contributed by atoms with Crippen LogP contribution in [0.2, 0.25) is 0 Å². The summed E-state index contributed by atoms with van der Waals surface area (Å²) in [4.78, 5) is 9.83. The molecular formula is C3H8N2O4S. The van der Waals surface area contributed by atoms with Crippen LogP contribution in [0, 0.1) is 0 Å². The topological polar surface area (TPSA) is 109 Å². The molecule has 0 aromatic carbocycles. The number of nitrogens with two attached hydrogens (primary N) is 1. The minimum atomic E-state index is -3.79. The van der Waals surface area contributed by atoms with Crippen LogP contribution in [0.3, 0.4) is 0 Å². The van der Waals surface area contributed by atoms with Crippen LogP contribution in [-0.4, -0.2) is 25.0 Å². The van der Waals surface area contributed by atoms with Crippen LogP contribution in [0.1, 0.15) is 6.92 Å². The van der Waals surface area contributed by atoms with E-state index in [1.165, 1.54) is 0 Å². The summed E-state index contributed by atoms with van der Waals surface area (Å²) in [6, 6.07) is 0. The molecule has 0 aromatic rings. The molecule has 10 heavy (non-hydrogen) atoms. The molecule has 7 heteroatoms. The third kappa shape index (κ3) is 3.25. The third-order valence-corrected chi connectivity index (χ3v) is 1.92. The van der Waals surface area contributed by atoms with Gasteiger partial charge in [0.15, 0.2) is 0 Å². The van der Waals surface area contributed by atoms with Gasteiger partial charge in [-0.05, 0) is 6.92 Å². The van der Waals surface area contributed by atoms with Gasteiger partial charge in [-0.25, -0.2) is 18.4 Å². The Balaban J connectivity index is 4.12. The van der Waals surface area contributed by atoms with Crippen molar-refractivity contribution >= 4 is 16.1 Å². The van der Waals surface area contributed by atoms with E-state index < -0.39 is 21.5 Å². The number of sulfonamides is 1. The Hall–Kier alpha value is -0.820. The summed E-state index contributed by atoms with van der Waals surface area (Å²) in [5.74, 6) is 0. The average molecular weight is 168 g/mol. The first-order chi connectivity index (χ1) is 4.34. The number of hydrogen-bond acceptors (Lipinski definition) is 3. The standard InChI is InChI=1S/C3H8N2O4S/c1-2(5-3(6)7)10(4,8)9/h2,5H,1H3,(H,6,7)(H2,4,8,9). The first-order valence-corrected chi connectivity index (χ1v) is 3.96. The van der Waals surface area contributed by atoms with E-state index in [1.54, 1.807) is 5.32 Å². The van der Waals surface area contributed by atoms with Crippen molar-refractivity contribution in [1.82, 2.24) is 5.32 Å². The molecule has 60 valence electrons. The van der Waals surface area contributed by atoms with E-state index in [0.717, 1.165) is 6.92 Å². The minimum absolute atomic E-state index is 1.14. The fourth-order valence-corrected chi connectivity index (χ4v) is 0.521. The van der Waals surface area contributed by atoms with Crippen molar-refractivity contribution in [2.45, 2.75) is 12.3 Å². The Kier molecular flexibility index (Phi) is 2.61. The largest absolute Gasteiger partial charge is 0.465 e. The molecule has 0 saturated carbocycles. The van der Waals surface area contributed by atoms with Crippen molar-refractivity contribution in [3.63, 3.8) is 0 Å². The molecule has 0 rings (SSSR count). The zero-order valence-electron chi connectivity index (χ0n) is 5.23. The van der Waals surface area contributed by atoms with Crippen LogP contribution in [0.4, 0.5) is 4.79 Å². The third-order valence-electron chi connectivity index (χ3n) is 0.820. The highest BCUT2D eigenvalue weighted by molar-refractivity contribution is 7.89. The number of hydrogen-bond donors (Lipinski definition) is 3. The lowest BCUT2D eigenvalue weighted by Crippen LogP contribution is -2.41. The smallest absolute Gasteiger partial charge is 0.405 e. The van der Waals surface area contributed by atoms with Gasteiger partial charge in [0.25, 0.3) is 0 Å². The molecular weight excluding hydrogens is 160 g/mol. The zero-order valence-corrected chi connectivity index (χ0v) is 6.05. The van der Waals surface area contributed by atoms with Crippen LogP contribution < -0.4 is 10.5 Å². The highest BCUT2D eigenvalue weighted by atomic mass is 32.2. The van der Waals surface area contributed by atoms with Gasteiger partial charge in [0.2, 0.25) is 10.0 Å². The minimum Gasteiger partial charge on any atom is -0.465 e. The summed E-state index contributed by atoms with van der Waals surface area (Å²) < 4.78 is 20.6. The van der Waals surface area contributed by atoms with Gasteiger partial charge in [-0.2, -0.15) is 0 Å². The Morgan fingerprint density at radius 1 is 1.70 bits per heavy atom. The number of amides is 1. The maximum atomic E-state index is 10.3. The van der Waals surface area contributed by atoms with Gasteiger partial charge in [0, 0.05) is 0 Å². The van der Waals surface area contributed by atoms with Crippen LogP contribution in [0.15, 0.2) is 0 Å². The van der Waals surface area contributed by atoms with Crippen molar-refractivity contribution in [1.29, 1.82) is 0 Å². The maximum absolute atomic E-state index is 10.3. The lowest BCUT2D eigenvalue weighted by Gasteiger charge is -2.06. The molecule has 0 bridgehead atoms. The highest BCUT2D eigenvalue weighted by Crippen LogP contribution is 1.87. The Morgan fingerprint density at radius 3 is 2.20 bits per heavy atom. The number of nitrogens with one attached hydrogen (secondary N) is 1. The quantitative estimate of drug-likeness (QED) is 0.485. The van der Waals surface area contributed by atoms with E-state index in [2.05, 4.69) is 5.14 Å². The van der Waals surface area contributed by atoms with Crippen molar-refractivity contribution in [2.75, 3.05) is 0 Å². The molecule has 0 radical (unpaired) electrons. The number of carboxylic acid groups (broad SMARTS) is 1. The van der Waals surface area contributed by atoms with Gasteiger partial charge < -0.3 is 10.4 Å². The monoisotopic (exact) mass is 168 g/mol. The molecule has 0 aliphatic carbocycles. The predicted octanol–water partition coefficient (Wildman–Crippen LogP) is -1.11. The molecule has 0 saturated heterocycles. The first-order valence-electron chi connectivity index (χ1n) is 2.35. The van der Waals surface area contributed by atoms with E-state index in [0.29, 0.717) is 0 Å². The summed E-state index contributed by atoms with van der Waals surface area (Å²) in [6.45, 7) is 1.14. The van der Waals surface area contributed by atoms with Crippen molar-refractivity contribution in [2.24, 2.45) is 5.14 Å². The van der Waals surface area contributed by atoms with Gasteiger partial charge >= 0.3 is 6.09 Å². The van der Waals surface area contributed by atoms with Gasteiger partial charge in [-0.15, -0.1) is 0 Å². The van der Waals surface area contributed by atoms with Crippen LogP contribution in [-0.2, 0) is 10.0 Å². The van der Waals surface area contributed by atoms with Crippen molar-refractivity contribution in [3.8, 4) is 0 Å². The first kappa shape index (κ1) is 9.18. The molecule has 1 amide bonds. The zero-order chi connectivity index (χ0) is 8.36. The Morgan fingerprint density at radius 2 is 2.10 bits per heavy atom. The normalized spacial score (nSPS) is 14.2. The molecule has 0 aliphatic heterocycles. The second-order valence-electron chi connectivity index (χ2n) is 1.68. The SMILES string of the molecule is CC(NC(=O)O)S(N)(=O)=O. The van der Waals surface area contributed by atoms with E-state index in [9.17, 15) is 13.2 Å². The lowest BCUT2D eigenvalue weighted by molar-refractivity contribution is 0.193. The van der Waals surface area contributed by atoms with Crippen LogP contribution in [0.5, 0.6) is 0 Å². The van der Waals surface area contributed by atoms with Gasteiger partial charge in [-0.1, -0.05) is 0 Å². The lowest BCUT2D eigenvalue weighted by atomic mass is 10.7. The number of primary sulfonamides is 1. The second-order valence-corrected chi connectivity index (χ2v) is 3.57. The van der Waals surface area contributed by atoms with E-state index in [1.807, 2.05) is 0 Å². The number of rotatable bonds is 2. The molecule has 4 N–H and O–H groups in total. The summed E-state index contributed by atoms with van der Waals surface area (Å²) in [6.07, 6.45) is -1.42. The predicted molar refractivity (Wildman–Crippen MR) is 33.7 cm³/mol. The van der Waals surface area contributed by atoms with Gasteiger partial charge in [0.1, 0.15) is 5.37 Å². The van der Waals surface area contributed by atoms with E-state index >= 15 is 0 Å². The summed E-state index contributed by atoms with van der Waals surface area (Å²) in [5, 5.41) is 13.0. The maximum Gasteiger partial charge on any atom is 0.405 e. The Labute approximate surface area is 58.1 Å². The fourth-order valence-electron chi connectivity index (χ4n) is 0.256. The number of carbonyl (C=O) groups is 1. The summed E-state index contributed by atoms with van der Waals surface area (Å²) >= 11 is 0. The van der Waals surface area contributed by atoms with Gasteiger partial charge in [-0.3, -0.25) is 0 Å². The van der Waals surface area contributed by atoms with Crippen molar-refractivity contribution < 1.29 is 18.3 Å². The Bertz CT molecular complexity index is 221. The average Bonchev–Trinajstić information content (AvgIpc) is 1.60.